The Morgan fingerprint density at radius 1 is 1.14 bits per heavy atom. The van der Waals surface area contributed by atoms with E-state index in [4.69, 9.17) is 0 Å². The second-order valence-electron chi connectivity index (χ2n) is 11.0. The maximum atomic E-state index is 11.6. The van der Waals surface area contributed by atoms with Gasteiger partial charge in [-0.15, -0.1) is 0 Å². The number of unbranched alkanes of at least 4 members (excludes halogenated alkanes) is 2. The molecule has 2 aliphatic rings. The van der Waals surface area contributed by atoms with Crippen LogP contribution in [-0.2, 0) is 11.2 Å². The molecular weight excluding hydrogens is 429 g/mol. The maximum Gasteiger partial charge on any atom is 0.219 e. The summed E-state index contributed by atoms with van der Waals surface area (Å²) in [6.07, 6.45) is 22.4. The van der Waals surface area contributed by atoms with E-state index in [0.717, 1.165) is 50.7 Å². The standard InChI is InChI=1S/C31H48BNO2/c1-3-5-21-32-23-26-22-27(24-32)30(20-19-28(34)18-17-25-13-9-8-10-14-25)29(26)15-11-6-7-12-16-31(35)33-4-2/h6,8-11,13-14,19-20,26-30,34H,3-5,7,12,15-18,21-24H2,1-2H3,(H,33,35)/b11-6-,20-19+/t26-,27+,28+,29+,30+/m1/s1. The van der Waals surface area contributed by atoms with Crippen LogP contribution < -0.4 is 5.32 Å². The summed E-state index contributed by atoms with van der Waals surface area (Å²) in [6.45, 7) is 5.88. The number of hydrogen-bond donors (Lipinski definition) is 2. The van der Waals surface area contributed by atoms with Gasteiger partial charge in [0.05, 0.1) is 6.10 Å². The van der Waals surface area contributed by atoms with Gasteiger partial charge in [-0.25, -0.2) is 0 Å². The number of benzene rings is 1. The zero-order valence-electron chi connectivity index (χ0n) is 22.2. The maximum absolute atomic E-state index is 11.6. The van der Waals surface area contributed by atoms with Crippen LogP contribution in [0.3, 0.4) is 0 Å². The molecule has 5 atom stereocenters. The number of aryl methyl sites for hydroxylation is 1. The fraction of sp³-hybridized carbons (Fsp3) is 0.645. The number of carbonyl (C=O) groups excluding carboxylic acids is 1. The highest BCUT2D eigenvalue weighted by Crippen LogP contribution is 2.53. The molecule has 35 heavy (non-hydrogen) atoms. The van der Waals surface area contributed by atoms with Crippen LogP contribution in [0.4, 0.5) is 0 Å². The van der Waals surface area contributed by atoms with Crippen molar-refractivity contribution in [2.45, 2.75) is 96.7 Å². The van der Waals surface area contributed by atoms with E-state index in [1.165, 1.54) is 43.8 Å². The van der Waals surface area contributed by atoms with Crippen molar-refractivity contribution in [2.75, 3.05) is 6.54 Å². The Morgan fingerprint density at radius 2 is 1.94 bits per heavy atom. The molecule has 0 spiro atoms. The minimum Gasteiger partial charge on any atom is -0.389 e. The number of amides is 1. The van der Waals surface area contributed by atoms with Gasteiger partial charge in [0.15, 0.2) is 0 Å². The molecule has 4 heteroatoms. The van der Waals surface area contributed by atoms with Gasteiger partial charge in [0.1, 0.15) is 6.71 Å². The smallest absolute Gasteiger partial charge is 0.219 e. The van der Waals surface area contributed by atoms with Gasteiger partial charge in [-0.1, -0.05) is 93.4 Å². The summed E-state index contributed by atoms with van der Waals surface area (Å²) in [7, 11) is 0. The van der Waals surface area contributed by atoms with Crippen molar-refractivity contribution >= 4 is 12.6 Å². The van der Waals surface area contributed by atoms with Crippen molar-refractivity contribution in [3.63, 3.8) is 0 Å². The van der Waals surface area contributed by atoms with Crippen LogP contribution in [-0.4, -0.2) is 30.4 Å². The van der Waals surface area contributed by atoms with Crippen LogP contribution in [0.5, 0.6) is 0 Å². The third-order valence-corrected chi connectivity index (χ3v) is 8.34. The minimum absolute atomic E-state index is 0.166. The molecule has 3 nitrogen and oxygen atoms in total. The van der Waals surface area contributed by atoms with Gasteiger partial charge in [0.2, 0.25) is 5.91 Å². The number of aliphatic hydroxyl groups is 1. The number of allylic oxidation sites excluding steroid dienone is 3. The monoisotopic (exact) mass is 477 g/mol. The molecule has 1 aromatic rings. The van der Waals surface area contributed by atoms with Gasteiger partial charge in [-0.2, -0.15) is 0 Å². The molecule has 192 valence electrons. The first-order valence-electron chi connectivity index (χ1n) is 14.4. The van der Waals surface area contributed by atoms with Crippen molar-refractivity contribution in [2.24, 2.45) is 23.7 Å². The molecule has 2 bridgehead atoms. The van der Waals surface area contributed by atoms with Crippen LogP contribution in [0.15, 0.2) is 54.6 Å². The molecule has 0 unspecified atom stereocenters. The highest BCUT2D eigenvalue weighted by atomic mass is 16.3. The predicted molar refractivity (Wildman–Crippen MR) is 150 cm³/mol. The Morgan fingerprint density at radius 3 is 2.71 bits per heavy atom. The molecule has 1 saturated carbocycles. The molecule has 2 N–H and O–H groups in total. The van der Waals surface area contributed by atoms with Gasteiger partial charge >= 0.3 is 0 Å². The first-order valence-corrected chi connectivity index (χ1v) is 14.4. The zero-order chi connectivity index (χ0) is 24.9. The van der Waals surface area contributed by atoms with Crippen molar-refractivity contribution in [3.05, 3.63) is 60.2 Å². The van der Waals surface area contributed by atoms with E-state index in [2.05, 4.69) is 60.8 Å². The zero-order valence-corrected chi connectivity index (χ0v) is 22.2. The predicted octanol–water partition coefficient (Wildman–Crippen LogP) is 6.97. The SMILES string of the molecule is CCCCB1C[C@@H]2C[C@H](C1)[C@H](C/C=C\CCCC(=O)NCC)[C@H]2/C=C/[C@@H](O)CCc1ccccc1. The van der Waals surface area contributed by atoms with Crippen molar-refractivity contribution in [1.29, 1.82) is 0 Å². The van der Waals surface area contributed by atoms with Crippen LogP contribution in [0.1, 0.15) is 70.8 Å². The summed E-state index contributed by atoms with van der Waals surface area (Å²) >= 11 is 0. The van der Waals surface area contributed by atoms with Crippen LogP contribution in [0, 0.1) is 23.7 Å². The van der Waals surface area contributed by atoms with Crippen LogP contribution >= 0.6 is 0 Å². The summed E-state index contributed by atoms with van der Waals surface area (Å²) in [4.78, 5) is 11.6. The fourth-order valence-electron chi connectivity index (χ4n) is 6.59. The molecule has 0 aromatic heterocycles. The molecule has 1 aliphatic heterocycles. The lowest BCUT2D eigenvalue weighted by molar-refractivity contribution is -0.121. The quantitative estimate of drug-likeness (QED) is 0.163. The van der Waals surface area contributed by atoms with Crippen molar-refractivity contribution in [1.82, 2.24) is 5.32 Å². The molecule has 2 fully saturated rings. The Bertz CT molecular complexity index is 792. The molecule has 1 aromatic carbocycles. The largest absolute Gasteiger partial charge is 0.389 e. The number of hydrogen-bond acceptors (Lipinski definition) is 2. The van der Waals surface area contributed by atoms with Gasteiger partial charge in [0.25, 0.3) is 0 Å². The fourth-order valence-corrected chi connectivity index (χ4v) is 6.59. The molecule has 1 saturated heterocycles. The lowest BCUT2D eigenvalue weighted by atomic mass is 9.36. The van der Waals surface area contributed by atoms with Crippen LogP contribution in [0.2, 0.25) is 19.0 Å². The lowest BCUT2D eigenvalue weighted by Gasteiger charge is -2.26. The first-order chi connectivity index (χ1) is 17.1. The Kier molecular flexibility index (Phi) is 12.2. The number of carbonyl (C=O) groups is 1. The van der Waals surface area contributed by atoms with Gasteiger partial charge in [0, 0.05) is 13.0 Å². The van der Waals surface area contributed by atoms with Gasteiger partial charge in [-0.05, 0) is 74.7 Å². The number of rotatable bonds is 15. The van der Waals surface area contributed by atoms with Gasteiger partial charge < -0.3 is 10.4 Å². The molecule has 3 rings (SSSR count). The average molecular weight is 478 g/mol. The third kappa shape index (κ3) is 9.30. The molecular formula is C31H48BNO2. The van der Waals surface area contributed by atoms with Crippen molar-refractivity contribution < 1.29 is 9.90 Å². The molecule has 1 amide bonds. The van der Waals surface area contributed by atoms with Gasteiger partial charge in [-0.3, -0.25) is 4.79 Å². The van der Waals surface area contributed by atoms with E-state index in [1.807, 2.05) is 13.0 Å². The number of aliphatic hydroxyl groups excluding tert-OH is 1. The van der Waals surface area contributed by atoms with E-state index >= 15 is 0 Å². The van der Waals surface area contributed by atoms with Crippen LogP contribution in [0.25, 0.3) is 0 Å². The third-order valence-electron chi connectivity index (χ3n) is 8.34. The average Bonchev–Trinajstić information content (AvgIpc) is 3.11. The topological polar surface area (TPSA) is 49.3 Å². The van der Waals surface area contributed by atoms with Crippen molar-refractivity contribution in [3.8, 4) is 0 Å². The first kappa shape index (κ1) is 27.8. The molecule has 0 radical (unpaired) electrons. The minimum atomic E-state index is -0.364. The lowest BCUT2D eigenvalue weighted by Crippen LogP contribution is -2.24. The second kappa shape index (κ2) is 15.3. The Balaban J connectivity index is 1.55. The summed E-state index contributed by atoms with van der Waals surface area (Å²) < 4.78 is 0. The van der Waals surface area contributed by atoms with E-state index in [9.17, 15) is 9.90 Å². The van der Waals surface area contributed by atoms with E-state index in [-0.39, 0.29) is 12.0 Å². The second-order valence-corrected chi connectivity index (χ2v) is 11.0. The summed E-state index contributed by atoms with van der Waals surface area (Å²) in [6, 6.07) is 10.5. The summed E-state index contributed by atoms with van der Waals surface area (Å²) in [5.41, 5.74) is 1.30. The molecule has 1 heterocycles. The highest BCUT2D eigenvalue weighted by molar-refractivity contribution is 6.59. The normalized spacial score (nSPS) is 24.9. The molecule has 1 aliphatic carbocycles. The number of fused-ring (bicyclic) bond motifs is 2. The van der Waals surface area contributed by atoms with E-state index < -0.39 is 0 Å². The van der Waals surface area contributed by atoms with E-state index in [1.54, 1.807) is 0 Å². The number of nitrogens with one attached hydrogen (secondary N) is 1. The van der Waals surface area contributed by atoms with E-state index in [0.29, 0.717) is 24.8 Å². The Labute approximate surface area is 214 Å². The highest BCUT2D eigenvalue weighted by Gasteiger charge is 2.46. The summed E-state index contributed by atoms with van der Waals surface area (Å²) in [5.74, 6) is 3.07. The Hall–Kier alpha value is -1.81. The summed E-state index contributed by atoms with van der Waals surface area (Å²) in [5, 5.41) is 13.6.